The molecule has 1 N–H and O–H groups in total. The van der Waals surface area contributed by atoms with E-state index in [1.165, 1.54) is 16.0 Å². The van der Waals surface area contributed by atoms with Crippen LogP contribution in [0.4, 0.5) is 0 Å². The SMILES string of the molecule is CSc1cccc(CN2CCOCC2CC(=O)NCCc2ccncc2)c1. The number of amides is 1. The normalized spacial score (nSPS) is 17.6. The van der Waals surface area contributed by atoms with Crippen LogP contribution in [-0.4, -0.2) is 54.4 Å². The van der Waals surface area contributed by atoms with E-state index in [9.17, 15) is 4.79 Å². The van der Waals surface area contributed by atoms with Crippen LogP contribution >= 0.6 is 11.8 Å². The van der Waals surface area contributed by atoms with Crippen molar-refractivity contribution in [3.63, 3.8) is 0 Å². The average Bonchev–Trinajstić information content (AvgIpc) is 2.70. The molecule has 1 amide bonds. The fraction of sp³-hybridized carbons (Fsp3) is 0.429. The summed E-state index contributed by atoms with van der Waals surface area (Å²) < 4.78 is 5.64. The number of hydrogen-bond acceptors (Lipinski definition) is 5. The van der Waals surface area contributed by atoms with Crippen LogP contribution in [0.5, 0.6) is 0 Å². The van der Waals surface area contributed by atoms with E-state index in [1.807, 2.05) is 12.1 Å². The highest BCUT2D eigenvalue weighted by Crippen LogP contribution is 2.19. The Morgan fingerprint density at radius 1 is 1.30 bits per heavy atom. The van der Waals surface area contributed by atoms with E-state index >= 15 is 0 Å². The van der Waals surface area contributed by atoms with Gasteiger partial charge in [0.2, 0.25) is 5.91 Å². The predicted molar refractivity (Wildman–Crippen MR) is 109 cm³/mol. The molecule has 0 aliphatic carbocycles. The first-order valence-electron chi connectivity index (χ1n) is 9.35. The van der Waals surface area contributed by atoms with Gasteiger partial charge in [-0.15, -0.1) is 11.8 Å². The molecule has 1 aliphatic heterocycles. The summed E-state index contributed by atoms with van der Waals surface area (Å²) in [6, 6.07) is 12.7. The third kappa shape index (κ3) is 6.34. The number of morpholine rings is 1. The zero-order valence-electron chi connectivity index (χ0n) is 15.8. The molecule has 0 radical (unpaired) electrons. The van der Waals surface area contributed by atoms with Crippen molar-refractivity contribution in [2.75, 3.05) is 32.6 Å². The molecule has 0 bridgehead atoms. The summed E-state index contributed by atoms with van der Waals surface area (Å²) in [7, 11) is 0. The van der Waals surface area contributed by atoms with Gasteiger partial charge in [0.1, 0.15) is 0 Å². The van der Waals surface area contributed by atoms with Crippen LogP contribution < -0.4 is 5.32 Å². The van der Waals surface area contributed by atoms with Crippen molar-refractivity contribution in [3.05, 3.63) is 59.9 Å². The molecule has 27 heavy (non-hydrogen) atoms. The highest BCUT2D eigenvalue weighted by atomic mass is 32.2. The van der Waals surface area contributed by atoms with Gasteiger partial charge in [-0.05, 0) is 48.1 Å². The van der Waals surface area contributed by atoms with Gasteiger partial charge in [0.15, 0.2) is 0 Å². The number of benzene rings is 1. The van der Waals surface area contributed by atoms with E-state index in [2.05, 4.69) is 45.7 Å². The fourth-order valence-electron chi connectivity index (χ4n) is 3.27. The molecular weight excluding hydrogens is 358 g/mol. The standard InChI is InChI=1S/C21H27N3O2S/c1-27-20-4-2-3-18(13-20)15-24-11-12-26-16-19(24)14-21(25)23-10-7-17-5-8-22-9-6-17/h2-6,8-9,13,19H,7,10-12,14-16H2,1H3,(H,23,25). The first kappa shape index (κ1) is 19.9. The maximum Gasteiger partial charge on any atom is 0.221 e. The zero-order valence-corrected chi connectivity index (χ0v) is 16.6. The Balaban J connectivity index is 1.49. The van der Waals surface area contributed by atoms with Crippen molar-refractivity contribution >= 4 is 17.7 Å². The molecule has 1 aromatic carbocycles. The Morgan fingerprint density at radius 3 is 2.96 bits per heavy atom. The minimum Gasteiger partial charge on any atom is -0.378 e. The van der Waals surface area contributed by atoms with Gasteiger partial charge in [-0.3, -0.25) is 14.7 Å². The fourth-order valence-corrected chi connectivity index (χ4v) is 3.76. The summed E-state index contributed by atoms with van der Waals surface area (Å²) in [4.78, 5) is 20.0. The lowest BCUT2D eigenvalue weighted by Crippen LogP contribution is -2.47. The molecule has 2 aromatic rings. The highest BCUT2D eigenvalue weighted by molar-refractivity contribution is 7.98. The number of rotatable bonds is 8. The summed E-state index contributed by atoms with van der Waals surface area (Å²) in [6.45, 7) is 3.69. The average molecular weight is 386 g/mol. The van der Waals surface area contributed by atoms with Crippen molar-refractivity contribution in [1.29, 1.82) is 0 Å². The summed E-state index contributed by atoms with van der Waals surface area (Å²) in [6.07, 6.45) is 6.94. The number of carbonyl (C=O) groups is 1. The van der Waals surface area contributed by atoms with Crippen LogP contribution in [0.25, 0.3) is 0 Å². The van der Waals surface area contributed by atoms with E-state index in [-0.39, 0.29) is 11.9 Å². The van der Waals surface area contributed by atoms with Crippen molar-refractivity contribution in [2.45, 2.75) is 30.3 Å². The van der Waals surface area contributed by atoms with E-state index in [0.717, 1.165) is 26.1 Å². The second-order valence-electron chi connectivity index (χ2n) is 6.71. The molecule has 6 heteroatoms. The van der Waals surface area contributed by atoms with Crippen LogP contribution in [0.1, 0.15) is 17.5 Å². The van der Waals surface area contributed by atoms with Gasteiger partial charge in [-0.2, -0.15) is 0 Å². The number of nitrogens with one attached hydrogen (secondary N) is 1. The molecule has 1 unspecified atom stereocenters. The van der Waals surface area contributed by atoms with Crippen molar-refractivity contribution in [3.8, 4) is 0 Å². The maximum absolute atomic E-state index is 12.4. The van der Waals surface area contributed by atoms with Crippen molar-refractivity contribution < 1.29 is 9.53 Å². The molecular formula is C21H27N3O2S. The molecule has 1 atom stereocenters. The number of nitrogens with zero attached hydrogens (tertiary/aromatic N) is 2. The van der Waals surface area contributed by atoms with Crippen LogP contribution in [-0.2, 0) is 22.5 Å². The Labute approximate surface area is 165 Å². The number of hydrogen-bond donors (Lipinski definition) is 1. The van der Waals surface area contributed by atoms with Crippen molar-refractivity contribution in [2.24, 2.45) is 0 Å². The zero-order chi connectivity index (χ0) is 18.9. The van der Waals surface area contributed by atoms with Gasteiger partial charge in [0.25, 0.3) is 0 Å². The summed E-state index contributed by atoms with van der Waals surface area (Å²) in [5, 5.41) is 3.04. The minimum absolute atomic E-state index is 0.0856. The van der Waals surface area contributed by atoms with Gasteiger partial charge in [0.05, 0.1) is 13.2 Å². The summed E-state index contributed by atoms with van der Waals surface area (Å²) in [5.74, 6) is 0.0856. The molecule has 0 spiro atoms. The molecule has 3 rings (SSSR count). The third-order valence-electron chi connectivity index (χ3n) is 4.78. The Kier molecular flexibility index (Phi) is 7.68. The minimum atomic E-state index is 0.0856. The Hall–Kier alpha value is -1.89. The molecule has 1 fully saturated rings. The van der Waals surface area contributed by atoms with E-state index in [0.29, 0.717) is 19.6 Å². The number of carbonyl (C=O) groups excluding carboxylic acids is 1. The van der Waals surface area contributed by atoms with Gasteiger partial charge in [0, 0.05) is 49.4 Å². The van der Waals surface area contributed by atoms with E-state index in [4.69, 9.17) is 4.74 Å². The third-order valence-corrected chi connectivity index (χ3v) is 5.50. The van der Waals surface area contributed by atoms with Gasteiger partial charge in [-0.1, -0.05) is 12.1 Å². The molecule has 0 saturated carbocycles. The summed E-state index contributed by atoms with van der Waals surface area (Å²) >= 11 is 1.75. The molecule has 1 aliphatic rings. The van der Waals surface area contributed by atoms with Crippen LogP contribution in [0, 0.1) is 0 Å². The monoisotopic (exact) mass is 385 g/mol. The van der Waals surface area contributed by atoms with Crippen LogP contribution in [0.15, 0.2) is 53.7 Å². The van der Waals surface area contributed by atoms with Gasteiger partial charge >= 0.3 is 0 Å². The van der Waals surface area contributed by atoms with Crippen LogP contribution in [0.3, 0.4) is 0 Å². The molecule has 5 nitrogen and oxygen atoms in total. The Bertz CT molecular complexity index is 726. The second-order valence-corrected chi connectivity index (χ2v) is 7.59. The quantitative estimate of drug-likeness (QED) is 0.708. The van der Waals surface area contributed by atoms with E-state index < -0.39 is 0 Å². The van der Waals surface area contributed by atoms with Gasteiger partial charge < -0.3 is 10.1 Å². The molecule has 144 valence electrons. The number of pyridine rings is 1. The first-order valence-corrected chi connectivity index (χ1v) is 10.6. The molecule has 1 saturated heterocycles. The topological polar surface area (TPSA) is 54.5 Å². The maximum atomic E-state index is 12.4. The largest absolute Gasteiger partial charge is 0.378 e. The van der Waals surface area contributed by atoms with Gasteiger partial charge in [-0.25, -0.2) is 0 Å². The van der Waals surface area contributed by atoms with Crippen molar-refractivity contribution in [1.82, 2.24) is 15.2 Å². The second kappa shape index (κ2) is 10.4. The van der Waals surface area contributed by atoms with E-state index in [1.54, 1.807) is 24.2 Å². The predicted octanol–water partition coefficient (Wildman–Crippen LogP) is 2.75. The first-order chi connectivity index (χ1) is 13.2. The smallest absolute Gasteiger partial charge is 0.221 e. The number of ether oxygens (including phenoxy) is 1. The lowest BCUT2D eigenvalue weighted by Gasteiger charge is -2.35. The Morgan fingerprint density at radius 2 is 2.15 bits per heavy atom. The number of thioether (sulfide) groups is 1. The molecule has 1 aromatic heterocycles. The summed E-state index contributed by atoms with van der Waals surface area (Å²) in [5.41, 5.74) is 2.47. The van der Waals surface area contributed by atoms with Crippen LogP contribution in [0.2, 0.25) is 0 Å². The highest BCUT2D eigenvalue weighted by Gasteiger charge is 2.25. The molecule has 2 heterocycles. The lowest BCUT2D eigenvalue weighted by atomic mass is 10.1. The number of aromatic nitrogens is 1. The lowest BCUT2D eigenvalue weighted by molar-refractivity contribution is -0.124.